The fourth-order valence-electron chi connectivity index (χ4n) is 15.3. The van der Waals surface area contributed by atoms with Crippen molar-refractivity contribution in [1.82, 2.24) is 19.9 Å². The molecule has 0 N–H and O–H groups in total. The molecule has 15 aromatic rings. The van der Waals surface area contributed by atoms with E-state index in [1.807, 2.05) is 72.6 Å². The number of hydrogen-bond donors (Lipinski definition) is 0. The number of fused-ring (bicyclic) bond motifs is 8. The molecule has 4 aliphatic heterocycles. The van der Waals surface area contributed by atoms with Crippen molar-refractivity contribution in [1.29, 1.82) is 0 Å². The van der Waals surface area contributed by atoms with Gasteiger partial charge in [0.1, 0.15) is 0 Å². The third kappa shape index (κ3) is 9.58. The molecule has 19 rings (SSSR count). The van der Waals surface area contributed by atoms with Gasteiger partial charge in [0.15, 0.2) is 0 Å². The number of anilines is 12. The second-order valence-electron chi connectivity index (χ2n) is 24.8. The number of aromatic nitrogens is 4. The first kappa shape index (κ1) is 57.5. The number of benzene rings is 11. The molecule has 0 bridgehead atoms. The maximum Gasteiger partial charge on any atom is 0.249 e. The summed E-state index contributed by atoms with van der Waals surface area (Å²) in [5, 5.41) is 0. The van der Waals surface area contributed by atoms with Crippen LogP contribution >= 0.6 is 23.5 Å². The molecule has 8 nitrogen and oxygen atoms in total. The normalized spacial score (nSPS) is 12.7. The summed E-state index contributed by atoms with van der Waals surface area (Å²) in [6.45, 7) is -0.271. The van der Waals surface area contributed by atoms with Crippen molar-refractivity contribution in [2.45, 2.75) is 19.6 Å². The van der Waals surface area contributed by atoms with Crippen LogP contribution in [-0.4, -0.2) is 33.4 Å². The quantitative estimate of drug-likeness (QED) is 0.111. The average molecular weight is 1290 g/mol. The Bertz CT molecular complexity index is 5240. The largest absolute Gasteiger partial charge is 0.311 e. The fourth-order valence-corrected chi connectivity index (χ4v) is 17.8. The topological polar surface area (TPSA) is 64.5 Å². The summed E-state index contributed by atoms with van der Waals surface area (Å²) in [6.07, 6.45) is 7.55. The molecule has 0 fully saturated rings. The first-order chi connectivity index (χ1) is 48.7. The molecule has 0 saturated heterocycles. The Hall–Kier alpha value is -12.0. The van der Waals surface area contributed by atoms with Gasteiger partial charge in [-0.3, -0.25) is 19.9 Å². The predicted molar refractivity (Wildman–Crippen MR) is 409 cm³/mol. The Labute approximate surface area is 578 Å². The summed E-state index contributed by atoms with van der Waals surface area (Å²) in [5.41, 5.74) is 28.2. The van der Waals surface area contributed by atoms with Gasteiger partial charge in [-0.25, -0.2) is 0 Å². The molecule has 0 spiro atoms. The SMILES string of the molecule is c1ccc(N(c2cc3c4c(c2)N(c2ccccc2-c2ccccn2)c2ccccc2B4c2cc4c(cc2S3)Sc2cc(N(c3ccccc3)c3ccccc3-c3ccccn3)cc3c2B4c2ccccc2N3c2ccccc2-c2ccccn2)c2ccccc2-c2ccccn2)cc1. The van der Waals surface area contributed by atoms with Crippen LogP contribution in [0.2, 0.25) is 0 Å². The minimum absolute atomic E-state index is 0.136. The van der Waals surface area contributed by atoms with E-state index in [0.717, 1.165) is 113 Å². The second-order valence-corrected chi connectivity index (χ2v) is 27.0. The van der Waals surface area contributed by atoms with Gasteiger partial charge in [0.05, 0.1) is 45.5 Å². The van der Waals surface area contributed by atoms with E-state index in [2.05, 4.69) is 311 Å². The zero-order valence-electron chi connectivity index (χ0n) is 52.9. The molecule has 0 unspecified atom stereocenters. The summed E-state index contributed by atoms with van der Waals surface area (Å²) in [6, 6.07) is 114. The van der Waals surface area contributed by atoms with Crippen LogP contribution in [0.1, 0.15) is 0 Å². The van der Waals surface area contributed by atoms with Crippen molar-refractivity contribution in [2.24, 2.45) is 0 Å². The van der Waals surface area contributed by atoms with Crippen LogP contribution in [0.25, 0.3) is 45.0 Å². The lowest BCUT2D eigenvalue weighted by Gasteiger charge is -2.43. The van der Waals surface area contributed by atoms with Crippen LogP contribution < -0.4 is 52.4 Å². The maximum atomic E-state index is 5.01. The van der Waals surface area contributed by atoms with Crippen molar-refractivity contribution in [2.75, 3.05) is 19.6 Å². The molecule has 98 heavy (non-hydrogen) atoms. The predicted octanol–water partition coefficient (Wildman–Crippen LogP) is 18.4. The van der Waals surface area contributed by atoms with Gasteiger partial charge in [-0.1, -0.05) is 210 Å². The van der Waals surface area contributed by atoms with Gasteiger partial charge in [0.2, 0.25) is 13.4 Å². The molecule has 8 heterocycles. The minimum Gasteiger partial charge on any atom is -0.311 e. The molecule has 12 heteroatoms. The molecule has 4 aliphatic rings. The minimum atomic E-state index is -0.136. The van der Waals surface area contributed by atoms with E-state index < -0.39 is 0 Å². The van der Waals surface area contributed by atoms with E-state index in [0.29, 0.717) is 0 Å². The van der Waals surface area contributed by atoms with E-state index in [-0.39, 0.29) is 13.4 Å². The lowest BCUT2D eigenvalue weighted by Crippen LogP contribution is -2.63. The van der Waals surface area contributed by atoms with E-state index in [4.69, 9.17) is 19.9 Å². The molecule has 458 valence electrons. The fraction of sp³-hybridized carbons (Fsp3) is 0. The number of para-hydroxylation sites is 8. The zero-order valence-corrected chi connectivity index (χ0v) is 54.5. The molecular formula is C86H56B2N8S2. The lowest BCUT2D eigenvalue weighted by atomic mass is 9.32. The van der Waals surface area contributed by atoms with E-state index >= 15 is 0 Å². The first-order valence-electron chi connectivity index (χ1n) is 33.1. The van der Waals surface area contributed by atoms with Gasteiger partial charge in [0.25, 0.3) is 0 Å². The average Bonchev–Trinajstić information content (AvgIpc) is 0.697. The van der Waals surface area contributed by atoms with Gasteiger partial charge in [-0.05, 0) is 161 Å². The Morgan fingerprint density at radius 3 is 0.980 bits per heavy atom. The van der Waals surface area contributed by atoms with E-state index in [1.165, 1.54) is 52.4 Å². The van der Waals surface area contributed by atoms with Crippen molar-refractivity contribution < 1.29 is 0 Å². The van der Waals surface area contributed by atoms with Crippen molar-refractivity contribution in [3.8, 4) is 45.0 Å². The monoisotopic (exact) mass is 1290 g/mol. The van der Waals surface area contributed by atoms with Crippen LogP contribution in [-0.2, 0) is 0 Å². The molecule has 0 aliphatic carbocycles. The van der Waals surface area contributed by atoms with Gasteiger partial charge < -0.3 is 19.6 Å². The highest BCUT2D eigenvalue weighted by Crippen LogP contribution is 2.53. The first-order valence-corrected chi connectivity index (χ1v) is 34.7. The standard InChI is InChI=1S/C86H56B2N8S2/c1-3-27-57(28-4-1)93(73-41-13-7-31-61(73)69-37-19-23-47-89-69)59-51-79-85-83(53-59)97-81-56-82-68(55-67(81)87(85)65-35-11-17-45-77(65)95(79)75-43-15-9-33-63(75)71-39-21-25-49-91-71)88-66-36-12-18-46-78(66)96(76-44-16-10-34-64(76)72-40-22-26-50-92-72)80-52-60(54-84(98-82)86(80)88)94(58-29-5-2-6-30-58)74-42-14-8-32-62(74)70-38-20-24-48-90-70/h1-56H. The van der Waals surface area contributed by atoms with Gasteiger partial charge in [-0.15, -0.1) is 0 Å². The van der Waals surface area contributed by atoms with Crippen molar-refractivity contribution in [3.05, 3.63) is 340 Å². The van der Waals surface area contributed by atoms with Gasteiger partial charge >= 0.3 is 0 Å². The number of hydrogen-bond acceptors (Lipinski definition) is 10. The highest BCUT2D eigenvalue weighted by Gasteiger charge is 2.47. The maximum absolute atomic E-state index is 5.01. The van der Waals surface area contributed by atoms with Crippen LogP contribution in [0, 0.1) is 0 Å². The Balaban J connectivity index is 0.857. The molecule has 11 aromatic carbocycles. The van der Waals surface area contributed by atoms with Crippen LogP contribution in [0.4, 0.5) is 68.2 Å². The van der Waals surface area contributed by atoms with Crippen LogP contribution in [0.5, 0.6) is 0 Å². The third-order valence-electron chi connectivity index (χ3n) is 19.3. The number of nitrogens with zero attached hydrogens (tertiary/aromatic N) is 8. The lowest BCUT2D eigenvalue weighted by molar-refractivity contribution is 1.21. The van der Waals surface area contributed by atoms with Gasteiger partial charge in [-0.2, -0.15) is 0 Å². The number of pyridine rings is 4. The Morgan fingerprint density at radius 1 is 0.245 bits per heavy atom. The molecular weight excluding hydrogens is 1230 g/mol. The molecule has 0 amide bonds. The molecule has 0 radical (unpaired) electrons. The molecule has 0 saturated carbocycles. The van der Waals surface area contributed by atoms with Crippen LogP contribution in [0.3, 0.4) is 0 Å². The smallest absolute Gasteiger partial charge is 0.249 e. The second kappa shape index (κ2) is 24.1. The summed E-state index contributed by atoms with van der Waals surface area (Å²) in [5.74, 6) is 0. The highest BCUT2D eigenvalue weighted by atomic mass is 32.2. The zero-order chi connectivity index (χ0) is 64.6. The van der Waals surface area contributed by atoms with Crippen LogP contribution in [0.15, 0.2) is 360 Å². The van der Waals surface area contributed by atoms with E-state index in [9.17, 15) is 0 Å². The Morgan fingerprint density at radius 2 is 0.582 bits per heavy atom. The summed E-state index contributed by atoms with van der Waals surface area (Å²) in [4.78, 5) is 34.7. The van der Waals surface area contributed by atoms with Crippen molar-refractivity contribution >= 4 is 138 Å². The highest BCUT2D eigenvalue weighted by molar-refractivity contribution is 8.01. The van der Waals surface area contributed by atoms with Crippen molar-refractivity contribution in [3.63, 3.8) is 0 Å². The van der Waals surface area contributed by atoms with E-state index in [1.54, 1.807) is 0 Å². The third-order valence-corrected chi connectivity index (χ3v) is 21.6. The molecule has 4 aromatic heterocycles. The summed E-state index contributed by atoms with van der Waals surface area (Å²) >= 11 is 3.78. The molecule has 0 atom stereocenters. The Kier molecular flexibility index (Phi) is 14.1. The number of rotatable bonds is 12. The summed E-state index contributed by atoms with van der Waals surface area (Å²) in [7, 11) is 0. The summed E-state index contributed by atoms with van der Waals surface area (Å²) < 4.78 is 0. The van der Waals surface area contributed by atoms with Gasteiger partial charge in [0, 0.05) is 112 Å².